The average Bonchev–Trinajstić information content (AvgIpc) is 2.94. The fraction of sp³-hybridized carbons (Fsp3) is 0.533. The number of ether oxygens (including phenoxy) is 2. The lowest BCUT2D eigenvalue weighted by Gasteiger charge is -2.27. The first-order valence-corrected chi connectivity index (χ1v) is 14.3. The van der Waals surface area contributed by atoms with Crippen LogP contribution in [0.4, 0.5) is 21.0 Å². The molecule has 1 fully saturated rings. The van der Waals surface area contributed by atoms with Crippen molar-refractivity contribution in [2.45, 2.75) is 59.1 Å². The number of morpholine rings is 1. The Morgan fingerprint density at radius 3 is 2.37 bits per heavy atom. The highest BCUT2D eigenvalue weighted by molar-refractivity contribution is 6.05. The second-order valence-electron chi connectivity index (χ2n) is 11.0. The first-order chi connectivity index (χ1) is 19.6. The fourth-order valence-electron chi connectivity index (χ4n) is 4.23. The van der Waals surface area contributed by atoms with Gasteiger partial charge in [0.05, 0.1) is 24.6 Å². The largest absolute Gasteiger partial charge is 0.444 e. The third kappa shape index (κ3) is 11.4. The lowest BCUT2D eigenvalue weighted by molar-refractivity contribution is 0.0369. The van der Waals surface area contributed by atoms with Gasteiger partial charge in [0.1, 0.15) is 11.3 Å². The number of hydrogen-bond acceptors (Lipinski definition) is 7. The van der Waals surface area contributed by atoms with Crippen LogP contribution in [0.25, 0.3) is 0 Å². The van der Waals surface area contributed by atoms with Gasteiger partial charge < -0.3 is 25.0 Å². The SMILES string of the molecule is CCCNC(=O)N(CCCCN1CCOCC1)Cc1ccc(C(=O)Nc2ccccc2NC(=O)OC(C)(C)C)nc1. The Bertz CT molecular complexity index is 1130. The molecule has 0 unspecified atom stereocenters. The van der Waals surface area contributed by atoms with Crippen LogP contribution in [0.15, 0.2) is 42.6 Å². The van der Waals surface area contributed by atoms with E-state index in [1.165, 1.54) is 0 Å². The van der Waals surface area contributed by atoms with E-state index in [2.05, 4.69) is 25.8 Å². The Morgan fingerprint density at radius 1 is 1.02 bits per heavy atom. The molecule has 1 aliphatic rings. The normalized spacial score (nSPS) is 13.8. The summed E-state index contributed by atoms with van der Waals surface area (Å²) in [5.41, 5.74) is 1.23. The molecule has 0 spiro atoms. The van der Waals surface area contributed by atoms with Crippen LogP contribution < -0.4 is 16.0 Å². The van der Waals surface area contributed by atoms with E-state index < -0.39 is 17.6 Å². The van der Waals surface area contributed by atoms with Gasteiger partial charge in [-0.2, -0.15) is 0 Å². The van der Waals surface area contributed by atoms with Crippen LogP contribution >= 0.6 is 0 Å². The fourth-order valence-corrected chi connectivity index (χ4v) is 4.23. The van der Waals surface area contributed by atoms with Crippen molar-refractivity contribution in [3.63, 3.8) is 0 Å². The van der Waals surface area contributed by atoms with Gasteiger partial charge in [-0.3, -0.25) is 20.0 Å². The van der Waals surface area contributed by atoms with E-state index in [1.807, 2.05) is 6.92 Å². The Kier molecular flexibility index (Phi) is 12.4. The Balaban J connectivity index is 1.58. The van der Waals surface area contributed by atoms with E-state index >= 15 is 0 Å². The molecular weight excluding hydrogens is 524 g/mol. The lowest BCUT2D eigenvalue weighted by Crippen LogP contribution is -2.41. The summed E-state index contributed by atoms with van der Waals surface area (Å²) in [6.07, 6.45) is 3.75. The minimum absolute atomic E-state index is 0.103. The second-order valence-corrected chi connectivity index (χ2v) is 11.0. The molecule has 3 N–H and O–H groups in total. The van der Waals surface area contributed by atoms with Crippen LogP contribution in [0.3, 0.4) is 0 Å². The number of rotatable bonds is 12. The number of benzene rings is 1. The van der Waals surface area contributed by atoms with Gasteiger partial charge >= 0.3 is 12.1 Å². The Labute approximate surface area is 243 Å². The van der Waals surface area contributed by atoms with Gasteiger partial charge in [0, 0.05) is 38.9 Å². The maximum atomic E-state index is 12.9. The molecule has 0 atom stereocenters. The monoisotopic (exact) mass is 568 g/mol. The van der Waals surface area contributed by atoms with Crippen LogP contribution in [0.1, 0.15) is 63.0 Å². The number of unbranched alkanes of at least 4 members (excludes halogenated alkanes) is 1. The molecule has 41 heavy (non-hydrogen) atoms. The molecule has 4 amide bonds. The van der Waals surface area contributed by atoms with Crippen molar-refractivity contribution in [3.05, 3.63) is 53.9 Å². The number of carbonyl (C=O) groups is 3. The molecule has 0 saturated carbocycles. The molecule has 1 aromatic heterocycles. The molecule has 1 aliphatic heterocycles. The number of nitrogens with one attached hydrogen (secondary N) is 3. The molecule has 3 rings (SSSR count). The zero-order chi connectivity index (χ0) is 29.7. The zero-order valence-electron chi connectivity index (χ0n) is 24.7. The summed E-state index contributed by atoms with van der Waals surface area (Å²) in [6, 6.07) is 10.2. The number of hydrogen-bond donors (Lipinski definition) is 3. The van der Waals surface area contributed by atoms with Gasteiger partial charge in [0.15, 0.2) is 0 Å². The summed E-state index contributed by atoms with van der Waals surface area (Å²) in [5.74, 6) is -0.421. The highest BCUT2D eigenvalue weighted by Gasteiger charge is 2.19. The summed E-state index contributed by atoms with van der Waals surface area (Å²) in [6.45, 7) is 13.5. The average molecular weight is 569 g/mol. The number of carbonyl (C=O) groups excluding carboxylic acids is 3. The van der Waals surface area contributed by atoms with Gasteiger partial charge in [0.25, 0.3) is 5.91 Å². The molecule has 1 saturated heterocycles. The van der Waals surface area contributed by atoms with E-state index in [4.69, 9.17) is 9.47 Å². The van der Waals surface area contributed by atoms with E-state index in [9.17, 15) is 14.4 Å². The topological polar surface area (TPSA) is 125 Å². The van der Waals surface area contributed by atoms with Crippen molar-refractivity contribution in [1.82, 2.24) is 20.1 Å². The third-order valence-corrected chi connectivity index (χ3v) is 6.31. The molecule has 0 bridgehead atoms. The van der Waals surface area contributed by atoms with Crippen molar-refractivity contribution in [1.29, 1.82) is 0 Å². The molecule has 0 aliphatic carbocycles. The lowest BCUT2D eigenvalue weighted by atomic mass is 10.2. The molecule has 2 heterocycles. The number of nitrogens with zero attached hydrogens (tertiary/aromatic N) is 3. The van der Waals surface area contributed by atoms with Gasteiger partial charge in [-0.1, -0.05) is 25.1 Å². The summed E-state index contributed by atoms with van der Waals surface area (Å²) in [4.78, 5) is 46.5. The molecule has 0 radical (unpaired) electrons. The predicted molar refractivity (Wildman–Crippen MR) is 159 cm³/mol. The number of para-hydroxylation sites is 2. The van der Waals surface area contributed by atoms with Crippen molar-refractivity contribution in [2.75, 3.05) is 56.6 Å². The summed E-state index contributed by atoms with van der Waals surface area (Å²) >= 11 is 0. The van der Waals surface area contributed by atoms with Crippen LogP contribution in [0, 0.1) is 0 Å². The number of amides is 4. The Hall–Kier alpha value is -3.70. The standard InChI is InChI=1S/C30H44N6O5/c1-5-14-31-28(38)36(16-9-8-15-35-17-19-40-20-18-35)22-23-12-13-26(32-21-23)27(37)33-24-10-6-7-11-25(24)34-29(39)41-30(2,3)4/h6-7,10-13,21H,5,8-9,14-20,22H2,1-4H3,(H,31,38)(H,33,37)(H,34,39). The van der Waals surface area contributed by atoms with E-state index in [1.54, 1.807) is 68.3 Å². The molecule has 224 valence electrons. The minimum Gasteiger partial charge on any atom is -0.444 e. The van der Waals surface area contributed by atoms with Crippen molar-refractivity contribution >= 4 is 29.4 Å². The number of aromatic nitrogens is 1. The summed E-state index contributed by atoms with van der Waals surface area (Å²) in [7, 11) is 0. The van der Waals surface area contributed by atoms with E-state index in [0.717, 1.165) is 57.7 Å². The van der Waals surface area contributed by atoms with Gasteiger partial charge in [0.2, 0.25) is 0 Å². The molecular formula is C30H44N6O5. The van der Waals surface area contributed by atoms with Gasteiger partial charge in [-0.25, -0.2) is 9.59 Å². The summed E-state index contributed by atoms with van der Waals surface area (Å²) < 4.78 is 10.7. The van der Waals surface area contributed by atoms with Crippen LogP contribution in [-0.4, -0.2) is 84.4 Å². The first kappa shape index (κ1) is 31.8. The highest BCUT2D eigenvalue weighted by Crippen LogP contribution is 2.23. The minimum atomic E-state index is -0.650. The maximum absolute atomic E-state index is 12.9. The number of pyridine rings is 1. The van der Waals surface area contributed by atoms with Crippen molar-refractivity contribution in [3.8, 4) is 0 Å². The van der Waals surface area contributed by atoms with Crippen LogP contribution in [0.2, 0.25) is 0 Å². The van der Waals surface area contributed by atoms with Gasteiger partial charge in [-0.15, -0.1) is 0 Å². The Morgan fingerprint density at radius 2 is 1.73 bits per heavy atom. The molecule has 2 aromatic rings. The predicted octanol–water partition coefficient (Wildman–Crippen LogP) is 4.71. The first-order valence-electron chi connectivity index (χ1n) is 14.3. The maximum Gasteiger partial charge on any atom is 0.412 e. The molecule has 11 nitrogen and oxygen atoms in total. The van der Waals surface area contributed by atoms with E-state index in [0.29, 0.717) is 31.0 Å². The third-order valence-electron chi connectivity index (χ3n) is 6.31. The van der Waals surface area contributed by atoms with Crippen molar-refractivity contribution in [2.24, 2.45) is 0 Å². The zero-order valence-corrected chi connectivity index (χ0v) is 24.7. The second kappa shape index (κ2) is 15.9. The van der Waals surface area contributed by atoms with E-state index in [-0.39, 0.29) is 11.7 Å². The number of urea groups is 1. The highest BCUT2D eigenvalue weighted by atomic mass is 16.6. The number of anilines is 2. The quantitative estimate of drug-likeness (QED) is 0.317. The smallest absolute Gasteiger partial charge is 0.412 e. The van der Waals surface area contributed by atoms with Crippen molar-refractivity contribution < 1.29 is 23.9 Å². The van der Waals surface area contributed by atoms with Crippen LogP contribution in [0.5, 0.6) is 0 Å². The molecule has 1 aromatic carbocycles. The molecule has 11 heteroatoms. The van der Waals surface area contributed by atoms with Crippen LogP contribution in [-0.2, 0) is 16.0 Å². The van der Waals surface area contributed by atoms with Gasteiger partial charge in [-0.05, 0) is 70.3 Å². The summed E-state index contributed by atoms with van der Waals surface area (Å²) in [5, 5.41) is 8.44.